The second-order valence-corrected chi connectivity index (χ2v) is 4.95. The van der Waals surface area contributed by atoms with Gasteiger partial charge in [0.15, 0.2) is 5.78 Å². The zero-order valence-electron chi connectivity index (χ0n) is 10.3. The molecular weight excluding hydrogens is 172 g/mol. The molecule has 0 heterocycles. The third kappa shape index (κ3) is 5.21. The van der Waals surface area contributed by atoms with Crippen LogP contribution in [0.5, 0.6) is 0 Å². The zero-order valence-corrected chi connectivity index (χ0v) is 10.3. The summed E-state index contributed by atoms with van der Waals surface area (Å²) in [5, 5.41) is 0. The highest BCUT2D eigenvalue weighted by Crippen LogP contribution is 2.25. The number of unbranched alkanes of at least 4 members (excludes halogenated alkanes) is 1. The van der Waals surface area contributed by atoms with E-state index in [1.54, 1.807) is 6.08 Å². The van der Waals surface area contributed by atoms with E-state index in [4.69, 9.17) is 0 Å². The first kappa shape index (κ1) is 13.4. The molecule has 0 aromatic heterocycles. The molecule has 0 amide bonds. The van der Waals surface area contributed by atoms with Gasteiger partial charge in [-0.1, -0.05) is 53.5 Å². The number of carbonyl (C=O) groups is 1. The molecule has 0 spiro atoms. The van der Waals surface area contributed by atoms with Crippen molar-refractivity contribution in [2.75, 3.05) is 0 Å². The van der Waals surface area contributed by atoms with Crippen molar-refractivity contribution in [1.29, 1.82) is 0 Å². The Balaban J connectivity index is 4.20. The quantitative estimate of drug-likeness (QED) is 0.587. The predicted octanol–water partition coefficient (Wildman–Crippen LogP) is 3.98. The Hall–Kier alpha value is -0.590. The van der Waals surface area contributed by atoms with Crippen LogP contribution in [0.4, 0.5) is 0 Å². The van der Waals surface area contributed by atoms with Crippen molar-refractivity contribution >= 4 is 5.78 Å². The van der Waals surface area contributed by atoms with E-state index in [2.05, 4.69) is 20.8 Å². The van der Waals surface area contributed by atoms with Gasteiger partial charge in [0, 0.05) is 5.41 Å². The first-order chi connectivity index (χ1) is 6.40. The molecule has 0 fully saturated rings. The van der Waals surface area contributed by atoms with Crippen molar-refractivity contribution in [2.45, 2.75) is 53.9 Å². The van der Waals surface area contributed by atoms with Crippen LogP contribution in [0.3, 0.4) is 0 Å². The molecule has 0 aliphatic heterocycles. The van der Waals surface area contributed by atoms with Gasteiger partial charge in [0.05, 0.1) is 0 Å². The van der Waals surface area contributed by atoms with Crippen LogP contribution >= 0.6 is 0 Å². The SMILES string of the molecule is CCCCC(C)(C)C(=O)/C=C/C(C)C. The van der Waals surface area contributed by atoms with Crippen molar-refractivity contribution < 1.29 is 4.79 Å². The van der Waals surface area contributed by atoms with Crippen molar-refractivity contribution in [1.82, 2.24) is 0 Å². The molecule has 0 rings (SSSR count). The highest BCUT2D eigenvalue weighted by molar-refractivity contribution is 5.94. The summed E-state index contributed by atoms with van der Waals surface area (Å²) in [5.41, 5.74) is -0.179. The van der Waals surface area contributed by atoms with Crippen LogP contribution in [0.2, 0.25) is 0 Å². The van der Waals surface area contributed by atoms with Crippen LogP contribution in [-0.2, 0) is 4.79 Å². The third-order valence-corrected chi connectivity index (χ3v) is 2.45. The maximum Gasteiger partial charge on any atom is 0.160 e. The maximum atomic E-state index is 11.8. The Morgan fingerprint density at radius 3 is 2.36 bits per heavy atom. The van der Waals surface area contributed by atoms with E-state index in [0.29, 0.717) is 5.92 Å². The van der Waals surface area contributed by atoms with Gasteiger partial charge in [0.1, 0.15) is 0 Å². The van der Waals surface area contributed by atoms with Crippen molar-refractivity contribution in [3.63, 3.8) is 0 Å². The molecule has 0 saturated heterocycles. The molecule has 0 aromatic carbocycles. The molecule has 0 radical (unpaired) electrons. The van der Waals surface area contributed by atoms with Gasteiger partial charge in [0.25, 0.3) is 0 Å². The van der Waals surface area contributed by atoms with Gasteiger partial charge in [-0.3, -0.25) is 4.79 Å². The summed E-state index contributed by atoms with van der Waals surface area (Å²) in [5.74, 6) is 0.723. The molecule has 1 heteroatoms. The monoisotopic (exact) mass is 196 g/mol. The standard InChI is InChI=1S/C13H24O/c1-6-7-10-13(4,5)12(14)9-8-11(2)3/h8-9,11H,6-7,10H2,1-5H3/b9-8+. The molecule has 1 nitrogen and oxygen atoms in total. The summed E-state index contributed by atoms with van der Waals surface area (Å²) < 4.78 is 0. The molecule has 0 N–H and O–H groups in total. The normalized spacial score (nSPS) is 12.7. The van der Waals surface area contributed by atoms with Gasteiger partial charge in [0.2, 0.25) is 0 Å². The Bertz CT molecular complexity index is 199. The molecule has 82 valence electrons. The second kappa shape index (κ2) is 6.00. The van der Waals surface area contributed by atoms with Crippen LogP contribution in [0, 0.1) is 11.3 Å². The van der Waals surface area contributed by atoms with Gasteiger partial charge >= 0.3 is 0 Å². The van der Waals surface area contributed by atoms with Gasteiger partial charge < -0.3 is 0 Å². The minimum absolute atomic E-state index is 0.179. The number of hydrogen-bond acceptors (Lipinski definition) is 1. The van der Waals surface area contributed by atoms with Crippen molar-refractivity contribution in [3.8, 4) is 0 Å². The molecule has 0 atom stereocenters. The zero-order chi connectivity index (χ0) is 11.2. The highest BCUT2D eigenvalue weighted by atomic mass is 16.1. The van der Waals surface area contributed by atoms with E-state index >= 15 is 0 Å². The van der Waals surface area contributed by atoms with Crippen LogP contribution in [0.25, 0.3) is 0 Å². The van der Waals surface area contributed by atoms with Crippen LogP contribution in [-0.4, -0.2) is 5.78 Å². The van der Waals surface area contributed by atoms with Gasteiger partial charge in [-0.05, 0) is 18.4 Å². The van der Waals surface area contributed by atoms with E-state index in [1.807, 2.05) is 19.9 Å². The van der Waals surface area contributed by atoms with Crippen molar-refractivity contribution in [3.05, 3.63) is 12.2 Å². The summed E-state index contributed by atoms with van der Waals surface area (Å²) >= 11 is 0. The van der Waals surface area contributed by atoms with Gasteiger partial charge in [-0.2, -0.15) is 0 Å². The lowest BCUT2D eigenvalue weighted by atomic mass is 9.82. The van der Waals surface area contributed by atoms with E-state index < -0.39 is 0 Å². The largest absolute Gasteiger partial charge is 0.294 e. The second-order valence-electron chi connectivity index (χ2n) is 4.95. The highest BCUT2D eigenvalue weighted by Gasteiger charge is 2.24. The van der Waals surface area contributed by atoms with E-state index in [0.717, 1.165) is 19.3 Å². The summed E-state index contributed by atoms with van der Waals surface area (Å²) in [4.78, 5) is 11.8. The Kier molecular flexibility index (Phi) is 5.75. The topological polar surface area (TPSA) is 17.1 Å². The lowest BCUT2D eigenvalue weighted by Gasteiger charge is -2.20. The smallest absolute Gasteiger partial charge is 0.160 e. The Morgan fingerprint density at radius 1 is 1.36 bits per heavy atom. The summed E-state index contributed by atoms with van der Waals surface area (Å²) in [6, 6.07) is 0. The van der Waals surface area contributed by atoms with Crippen LogP contribution < -0.4 is 0 Å². The molecule has 0 unspecified atom stereocenters. The molecule has 0 aliphatic carbocycles. The third-order valence-electron chi connectivity index (χ3n) is 2.45. The van der Waals surface area contributed by atoms with Crippen molar-refractivity contribution in [2.24, 2.45) is 11.3 Å². The molecule has 0 aliphatic rings. The van der Waals surface area contributed by atoms with Gasteiger partial charge in [-0.15, -0.1) is 0 Å². The number of rotatable bonds is 6. The van der Waals surface area contributed by atoms with E-state index in [-0.39, 0.29) is 11.2 Å². The molecule has 0 saturated carbocycles. The van der Waals surface area contributed by atoms with Crippen LogP contribution in [0.15, 0.2) is 12.2 Å². The summed E-state index contributed by atoms with van der Waals surface area (Å²) in [6.45, 7) is 10.4. The minimum atomic E-state index is -0.179. The number of allylic oxidation sites excluding steroid dienone is 2. The van der Waals surface area contributed by atoms with Crippen LogP contribution in [0.1, 0.15) is 53.9 Å². The average Bonchev–Trinajstić information content (AvgIpc) is 2.10. The molecular formula is C13H24O. The Labute approximate surface area is 88.6 Å². The van der Waals surface area contributed by atoms with Gasteiger partial charge in [-0.25, -0.2) is 0 Å². The lowest BCUT2D eigenvalue weighted by Crippen LogP contribution is -2.22. The fourth-order valence-corrected chi connectivity index (χ4v) is 1.25. The summed E-state index contributed by atoms with van der Waals surface area (Å²) in [6.07, 6.45) is 7.01. The number of ketones is 1. The first-order valence-corrected chi connectivity index (χ1v) is 5.62. The number of hydrogen-bond donors (Lipinski definition) is 0. The first-order valence-electron chi connectivity index (χ1n) is 5.62. The van der Waals surface area contributed by atoms with E-state index in [1.165, 1.54) is 0 Å². The predicted molar refractivity (Wildman–Crippen MR) is 62.3 cm³/mol. The molecule has 0 aromatic rings. The van der Waals surface area contributed by atoms with E-state index in [9.17, 15) is 4.79 Å². The fraction of sp³-hybridized carbons (Fsp3) is 0.769. The fourth-order valence-electron chi connectivity index (χ4n) is 1.25. The average molecular weight is 196 g/mol. The minimum Gasteiger partial charge on any atom is -0.294 e. The molecule has 0 bridgehead atoms. The lowest BCUT2D eigenvalue weighted by molar-refractivity contribution is -0.122. The molecule has 14 heavy (non-hydrogen) atoms. The Morgan fingerprint density at radius 2 is 1.93 bits per heavy atom. The number of carbonyl (C=O) groups excluding carboxylic acids is 1. The summed E-state index contributed by atoms with van der Waals surface area (Å²) in [7, 11) is 0. The maximum absolute atomic E-state index is 11.8.